The van der Waals surface area contributed by atoms with E-state index in [1.54, 1.807) is 7.11 Å². The summed E-state index contributed by atoms with van der Waals surface area (Å²) in [5.41, 5.74) is 1.14. The molecule has 1 fully saturated rings. The molecule has 1 aliphatic rings. The van der Waals surface area contributed by atoms with Crippen LogP contribution >= 0.6 is 0 Å². The molecule has 0 radical (unpaired) electrons. The number of methoxy groups -OCH3 is 1. The predicted octanol–water partition coefficient (Wildman–Crippen LogP) is 3.16. The van der Waals surface area contributed by atoms with Gasteiger partial charge in [-0.3, -0.25) is 0 Å². The number of rotatable bonds is 8. The quantitative estimate of drug-likeness (QED) is 0.781. The number of para-hydroxylation sites is 1. The van der Waals surface area contributed by atoms with Crippen LogP contribution in [0.2, 0.25) is 0 Å². The number of hydrogen-bond acceptors (Lipinski definition) is 3. The van der Waals surface area contributed by atoms with Gasteiger partial charge in [-0.2, -0.15) is 0 Å². The number of ether oxygens (including phenoxy) is 2. The lowest BCUT2D eigenvalue weighted by Gasteiger charge is -2.22. The fourth-order valence-electron chi connectivity index (χ4n) is 2.06. The van der Waals surface area contributed by atoms with Crippen molar-refractivity contribution in [2.75, 3.05) is 20.3 Å². The van der Waals surface area contributed by atoms with Crippen molar-refractivity contribution in [3.8, 4) is 5.75 Å². The number of benzene rings is 1. The largest absolute Gasteiger partial charge is 0.496 e. The Labute approximate surface area is 116 Å². The SMILES string of the molecule is COc1ccccc1C(CNC1CC1)OCC(C)C. The molecule has 0 amide bonds. The Kier molecular flexibility index (Phi) is 5.23. The maximum absolute atomic E-state index is 6.07. The minimum atomic E-state index is 0.0687. The molecule has 0 bridgehead atoms. The van der Waals surface area contributed by atoms with E-state index >= 15 is 0 Å². The molecule has 1 saturated carbocycles. The molecule has 106 valence electrons. The molecule has 1 aliphatic carbocycles. The molecule has 1 N–H and O–H groups in total. The Bertz CT molecular complexity index is 382. The second-order valence-electron chi connectivity index (χ2n) is 5.64. The van der Waals surface area contributed by atoms with E-state index in [2.05, 4.69) is 25.2 Å². The number of hydrogen-bond donors (Lipinski definition) is 1. The molecule has 3 heteroatoms. The van der Waals surface area contributed by atoms with E-state index in [0.717, 1.165) is 24.5 Å². The average molecular weight is 263 g/mol. The molecule has 3 nitrogen and oxygen atoms in total. The van der Waals surface area contributed by atoms with Gasteiger partial charge in [-0.1, -0.05) is 32.0 Å². The van der Waals surface area contributed by atoms with Crippen molar-refractivity contribution in [1.82, 2.24) is 5.32 Å². The van der Waals surface area contributed by atoms with Crippen LogP contribution in [-0.2, 0) is 4.74 Å². The first-order chi connectivity index (χ1) is 9.20. The molecule has 1 aromatic carbocycles. The third kappa shape index (κ3) is 4.51. The molecule has 0 spiro atoms. The van der Waals surface area contributed by atoms with Gasteiger partial charge in [-0.15, -0.1) is 0 Å². The van der Waals surface area contributed by atoms with Gasteiger partial charge in [0, 0.05) is 24.8 Å². The zero-order valence-electron chi connectivity index (χ0n) is 12.2. The molecular formula is C16H25NO2. The molecule has 1 aromatic rings. The molecule has 2 rings (SSSR count). The minimum Gasteiger partial charge on any atom is -0.496 e. The predicted molar refractivity (Wildman–Crippen MR) is 77.5 cm³/mol. The van der Waals surface area contributed by atoms with Gasteiger partial charge >= 0.3 is 0 Å². The lowest BCUT2D eigenvalue weighted by atomic mass is 10.1. The first kappa shape index (κ1) is 14.4. The van der Waals surface area contributed by atoms with E-state index in [4.69, 9.17) is 9.47 Å². The highest BCUT2D eigenvalue weighted by Crippen LogP contribution is 2.28. The topological polar surface area (TPSA) is 30.5 Å². The summed E-state index contributed by atoms with van der Waals surface area (Å²) in [6.07, 6.45) is 2.66. The smallest absolute Gasteiger partial charge is 0.124 e. The van der Waals surface area contributed by atoms with Crippen LogP contribution in [0.1, 0.15) is 38.4 Å². The minimum absolute atomic E-state index is 0.0687. The second-order valence-corrected chi connectivity index (χ2v) is 5.64. The fourth-order valence-corrected chi connectivity index (χ4v) is 2.06. The summed E-state index contributed by atoms with van der Waals surface area (Å²) >= 11 is 0. The third-order valence-corrected chi connectivity index (χ3v) is 3.29. The van der Waals surface area contributed by atoms with Gasteiger partial charge in [0.25, 0.3) is 0 Å². The van der Waals surface area contributed by atoms with Gasteiger partial charge in [0.2, 0.25) is 0 Å². The molecular weight excluding hydrogens is 238 g/mol. The van der Waals surface area contributed by atoms with Crippen LogP contribution in [0.3, 0.4) is 0 Å². The van der Waals surface area contributed by atoms with E-state index in [1.807, 2.05) is 18.2 Å². The number of nitrogens with one attached hydrogen (secondary N) is 1. The second kappa shape index (κ2) is 6.92. The summed E-state index contributed by atoms with van der Waals surface area (Å²) in [5, 5.41) is 3.55. The van der Waals surface area contributed by atoms with Gasteiger partial charge in [0.05, 0.1) is 13.2 Å². The summed E-state index contributed by atoms with van der Waals surface area (Å²) in [4.78, 5) is 0. The lowest BCUT2D eigenvalue weighted by molar-refractivity contribution is 0.0335. The summed E-state index contributed by atoms with van der Waals surface area (Å²) in [6, 6.07) is 8.83. The van der Waals surface area contributed by atoms with Gasteiger partial charge in [-0.05, 0) is 24.8 Å². The van der Waals surface area contributed by atoms with E-state index in [1.165, 1.54) is 12.8 Å². The van der Waals surface area contributed by atoms with Crippen molar-refractivity contribution >= 4 is 0 Å². The summed E-state index contributed by atoms with van der Waals surface area (Å²) in [5.74, 6) is 1.45. The molecule has 0 saturated heterocycles. The fraction of sp³-hybridized carbons (Fsp3) is 0.625. The first-order valence-corrected chi connectivity index (χ1v) is 7.18. The van der Waals surface area contributed by atoms with Crippen molar-refractivity contribution in [3.63, 3.8) is 0 Å². The summed E-state index contributed by atoms with van der Waals surface area (Å²) in [7, 11) is 1.71. The van der Waals surface area contributed by atoms with Crippen molar-refractivity contribution in [3.05, 3.63) is 29.8 Å². The van der Waals surface area contributed by atoms with E-state index < -0.39 is 0 Å². The van der Waals surface area contributed by atoms with Crippen LogP contribution in [0.5, 0.6) is 5.75 Å². The van der Waals surface area contributed by atoms with Crippen molar-refractivity contribution < 1.29 is 9.47 Å². The first-order valence-electron chi connectivity index (χ1n) is 7.18. The molecule has 1 atom stereocenters. The van der Waals surface area contributed by atoms with Crippen molar-refractivity contribution in [1.29, 1.82) is 0 Å². The molecule has 0 aliphatic heterocycles. The maximum atomic E-state index is 6.07. The molecule has 0 aromatic heterocycles. The van der Waals surface area contributed by atoms with Gasteiger partial charge in [0.15, 0.2) is 0 Å². The normalized spacial score (nSPS) is 16.6. The Morgan fingerprint density at radius 3 is 2.63 bits per heavy atom. The van der Waals surface area contributed by atoms with Crippen LogP contribution in [0.25, 0.3) is 0 Å². The molecule has 0 heterocycles. The Morgan fingerprint density at radius 2 is 2.00 bits per heavy atom. The van der Waals surface area contributed by atoms with Crippen molar-refractivity contribution in [2.45, 2.75) is 38.8 Å². The summed E-state index contributed by atoms with van der Waals surface area (Å²) < 4.78 is 11.5. The lowest BCUT2D eigenvalue weighted by Crippen LogP contribution is -2.26. The van der Waals surface area contributed by atoms with E-state index in [9.17, 15) is 0 Å². The van der Waals surface area contributed by atoms with Crippen LogP contribution < -0.4 is 10.1 Å². The molecule has 1 unspecified atom stereocenters. The maximum Gasteiger partial charge on any atom is 0.124 e. The van der Waals surface area contributed by atoms with Gasteiger partial charge in [0.1, 0.15) is 5.75 Å². The highest BCUT2D eigenvalue weighted by Gasteiger charge is 2.24. The van der Waals surface area contributed by atoms with Crippen LogP contribution in [0, 0.1) is 5.92 Å². The monoisotopic (exact) mass is 263 g/mol. The molecule has 19 heavy (non-hydrogen) atoms. The van der Waals surface area contributed by atoms with Gasteiger partial charge < -0.3 is 14.8 Å². The van der Waals surface area contributed by atoms with Crippen LogP contribution in [0.15, 0.2) is 24.3 Å². The Hall–Kier alpha value is -1.06. The van der Waals surface area contributed by atoms with Crippen LogP contribution in [-0.4, -0.2) is 26.3 Å². The summed E-state index contributed by atoms with van der Waals surface area (Å²) in [6.45, 7) is 5.98. The van der Waals surface area contributed by atoms with Crippen LogP contribution in [0.4, 0.5) is 0 Å². The highest BCUT2D eigenvalue weighted by atomic mass is 16.5. The van der Waals surface area contributed by atoms with E-state index in [-0.39, 0.29) is 6.10 Å². The van der Waals surface area contributed by atoms with E-state index in [0.29, 0.717) is 12.0 Å². The van der Waals surface area contributed by atoms with Gasteiger partial charge in [-0.25, -0.2) is 0 Å². The standard InChI is InChI=1S/C16H25NO2/c1-12(2)11-19-16(10-17-13-8-9-13)14-6-4-5-7-15(14)18-3/h4-7,12-13,16-17H,8-11H2,1-3H3. The third-order valence-electron chi connectivity index (χ3n) is 3.29. The zero-order valence-corrected chi connectivity index (χ0v) is 12.2. The van der Waals surface area contributed by atoms with Crippen molar-refractivity contribution in [2.24, 2.45) is 5.92 Å². The average Bonchev–Trinajstić information content (AvgIpc) is 3.23. The highest BCUT2D eigenvalue weighted by molar-refractivity contribution is 5.35. The Balaban J connectivity index is 2.04. The Morgan fingerprint density at radius 1 is 1.26 bits per heavy atom. The zero-order chi connectivity index (χ0) is 13.7.